The number of hydrogen-bond acceptors (Lipinski definition) is 3. The lowest BCUT2D eigenvalue weighted by Gasteiger charge is -2.35. The van der Waals surface area contributed by atoms with Crippen LogP contribution in [0.4, 0.5) is 0 Å². The summed E-state index contributed by atoms with van der Waals surface area (Å²) < 4.78 is 5.67. The third kappa shape index (κ3) is 2.42. The first-order valence-electron chi connectivity index (χ1n) is 6.74. The van der Waals surface area contributed by atoms with E-state index in [4.69, 9.17) is 9.84 Å². The minimum Gasteiger partial charge on any atom is -0.459 e. The Morgan fingerprint density at radius 1 is 1.22 bits per heavy atom. The molecule has 0 saturated heterocycles. The van der Waals surface area contributed by atoms with Gasteiger partial charge in [0.25, 0.3) is 0 Å². The molecule has 0 aromatic rings. The van der Waals surface area contributed by atoms with Crippen LogP contribution < -0.4 is 0 Å². The molecule has 0 aromatic heterocycles. The Kier molecular flexibility index (Phi) is 3.63. The Balaban J connectivity index is 2.90. The smallest absolute Gasteiger partial charge is 0.313 e. The van der Waals surface area contributed by atoms with Crippen molar-refractivity contribution in [1.82, 2.24) is 0 Å². The van der Waals surface area contributed by atoms with Crippen LogP contribution in [0.5, 0.6) is 0 Å². The van der Waals surface area contributed by atoms with Crippen molar-refractivity contribution < 1.29 is 14.6 Å². The van der Waals surface area contributed by atoms with Gasteiger partial charge in [-0.15, -0.1) is 0 Å². The van der Waals surface area contributed by atoms with E-state index in [1.807, 2.05) is 13.8 Å². The van der Waals surface area contributed by atoms with Crippen molar-refractivity contribution in [3.8, 4) is 0 Å². The lowest BCUT2D eigenvalue weighted by atomic mass is 9.73. The fourth-order valence-corrected chi connectivity index (χ4v) is 3.21. The van der Waals surface area contributed by atoms with Crippen LogP contribution in [0.15, 0.2) is 0 Å². The molecule has 1 unspecified atom stereocenters. The molecule has 3 nitrogen and oxygen atoms in total. The van der Waals surface area contributed by atoms with Gasteiger partial charge in [0.1, 0.15) is 5.60 Å². The lowest BCUT2D eigenvalue weighted by molar-refractivity contribution is -0.171. The normalized spacial score (nSPS) is 26.9. The molecule has 1 rings (SSSR count). The zero-order valence-corrected chi connectivity index (χ0v) is 12.9. The Morgan fingerprint density at radius 3 is 1.94 bits per heavy atom. The van der Waals surface area contributed by atoms with E-state index in [9.17, 15) is 4.79 Å². The van der Waals surface area contributed by atoms with Crippen LogP contribution in [0.1, 0.15) is 61.3 Å². The number of aliphatic hydroxyl groups excluding tert-OH is 1. The Hall–Kier alpha value is -0.570. The van der Waals surface area contributed by atoms with Crippen molar-refractivity contribution >= 4 is 5.97 Å². The summed E-state index contributed by atoms with van der Waals surface area (Å²) in [4.78, 5) is 12.6. The zero-order chi connectivity index (χ0) is 14.4. The lowest BCUT2D eigenvalue weighted by Crippen LogP contribution is -2.41. The van der Waals surface area contributed by atoms with Gasteiger partial charge in [-0.2, -0.15) is 0 Å². The van der Waals surface area contributed by atoms with Crippen LogP contribution in [-0.2, 0) is 9.53 Å². The quantitative estimate of drug-likeness (QED) is 0.786. The van der Waals surface area contributed by atoms with Crippen molar-refractivity contribution in [3.63, 3.8) is 0 Å². The number of hydrogen-bond donors (Lipinski definition) is 1. The molecule has 1 atom stereocenters. The molecule has 3 heteroatoms. The molecular formula is C15H28O3. The highest BCUT2D eigenvalue weighted by Gasteiger charge is 2.72. The van der Waals surface area contributed by atoms with Gasteiger partial charge in [0, 0.05) is 13.0 Å². The average molecular weight is 256 g/mol. The van der Waals surface area contributed by atoms with Gasteiger partial charge in [-0.1, -0.05) is 34.6 Å². The first kappa shape index (κ1) is 15.5. The molecule has 0 spiro atoms. The molecule has 1 saturated carbocycles. The second-order valence-corrected chi connectivity index (χ2v) is 7.84. The maximum Gasteiger partial charge on any atom is 0.313 e. The van der Waals surface area contributed by atoms with Crippen molar-refractivity contribution in [2.75, 3.05) is 6.61 Å². The molecule has 106 valence electrons. The molecule has 0 aliphatic heterocycles. The van der Waals surface area contributed by atoms with Gasteiger partial charge in [0.15, 0.2) is 0 Å². The fourth-order valence-electron chi connectivity index (χ4n) is 3.21. The number of esters is 1. The third-order valence-electron chi connectivity index (χ3n) is 4.45. The van der Waals surface area contributed by atoms with Crippen LogP contribution in [0, 0.1) is 16.2 Å². The van der Waals surface area contributed by atoms with E-state index in [1.54, 1.807) is 0 Å². The van der Waals surface area contributed by atoms with E-state index >= 15 is 0 Å². The second kappa shape index (κ2) is 4.22. The largest absolute Gasteiger partial charge is 0.459 e. The van der Waals surface area contributed by atoms with E-state index in [1.165, 1.54) is 0 Å². The maximum absolute atomic E-state index is 12.6. The molecule has 0 bridgehead atoms. The Labute approximate surface area is 111 Å². The highest BCUT2D eigenvalue weighted by Crippen LogP contribution is 2.72. The topological polar surface area (TPSA) is 46.5 Å². The molecule has 0 amide bonds. The first-order chi connectivity index (χ1) is 7.90. The molecule has 1 aliphatic rings. The van der Waals surface area contributed by atoms with E-state index in [0.717, 1.165) is 6.42 Å². The molecule has 0 heterocycles. The predicted octanol–water partition coefficient (Wildman–Crippen LogP) is 3.15. The minimum absolute atomic E-state index is 0.00235. The molecule has 0 aromatic carbocycles. The number of carbonyl (C=O) groups is 1. The summed E-state index contributed by atoms with van der Waals surface area (Å²) in [7, 11) is 0. The summed E-state index contributed by atoms with van der Waals surface area (Å²) >= 11 is 0. The average Bonchev–Trinajstić information content (AvgIpc) is 2.68. The first-order valence-corrected chi connectivity index (χ1v) is 6.74. The molecule has 0 radical (unpaired) electrons. The van der Waals surface area contributed by atoms with Gasteiger partial charge < -0.3 is 9.84 Å². The van der Waals surface area contributed by atoms with Gasteiger partial charge >= 0.3 is 5.97 Å². The van der Waals surface area contributed by atoms with E-state index in [2.05, 4.69) is 34.6 Å². The third-order valence-corrected chi connectivity index (χ3v) is 4.45. The van der Waals surface area contributed by atoms with Crippen LogP contribution >= 0.6 is 0 Å². The van der Waals surface area contributed by atoms with E-state index in [0.29, 0.717) is 6.42 Å². The van der Waals surface area contributed by atoms with Crippen molar-refractivity contribution in [2.24, 2.45) is 16.2 Å². The van der Waals surface area contributed by atoms with Gasteiger partial charge in [-0.05, 0) is 31.1 Å². The molecule has 1 fully saturated rings. The number of aliphatic hydroxyl groups is 1. The summed E-state index contributed by atoms with van der Waals surface area (Å²) in [5.41, 5.74) is -1.10. The van der Waals surface area contributed by atoms with E-state index in [-0.39, 0.29) is 23.4 Å². The summed E-state index contributed by atoms with van der Waals surface area (Å²) in [6.07, 6.45) is 1.34. The molecule has 1 N–H and O–H groups in total. The van der Waals surface area contributed by atoms with Crippen LogP contribution in [0.2, 0.25) is 0 Å². The molecular weight excluding hydrogens is 228 g/mol. The van der Waals surface area contributed by atoms with Crippen molar-refractivity contribution in [1.29, 1.82) is 0 Å². The number of ether oxygens (including phenoxy) is 1. The Bertz CT molecular complexity index is 336. The summed E-state index contributed by atoms with van der Waals surface area (Å²) in [6, 6.07) is 0. The predicted molar refractivity (Wildman–Crippen MR) is 72.2 cm³/mol. The summed E-state index contributed by atoms with van der Waals surface area (Å²) in [6.45, 7) is 14.3. The van der Waals surface area contributed by atoms with E-state index < -0.39 is 11.0 Å². The van der Waals surface area contributed by atoms with Crippen molar-refractivity contribution in [2.45, 2.75) is 66.9 Å². The fraction of sp³-hybridized carbons (Fsp3) is 0.933. The zero-order valence-electron chi connectivity index (χ0n) is 12.9. The van der Waals surface area contributed by atoms with Crippen molar-refractivity contribution in [3.05, 3.63) is 0 Å². The van der Waals surface area contributed by atoms with Gasteiger partial charge in [0.2, 0.25) is 0 Å². The summed E-state index contributed by atoms with van der Waals surface area (Å²) in [5, 5.41) is 9.00. The molecule has 18 heavy (non-hydrogen) atoms. The standard InChI is InChI=1S/C15H28O3/c1-12(2,3)15(10-13(15,4)5)11(17)18-14(6,7)8-9-16/h16H,8-10H2,1-7H3. The summed E-state index contributed by atoms with van der Waals surface area (Å²) in [5.74, 6) is -0.113. The Morgan fingerprint density at radius 2 is 1.67 bits per heavy atom. The second-order valence-electron chi connectivity index (χ2n) is 7.84. The number of carbonyl (C=O) groups excluding carboxylic acids is 1. The highest BCUT2D eigenvalue weighted by molar-refractivity contribution is 5.83. The number of rotatable bonds is 4. The van der Waals surface area contributed by atoms with Gasteiger partial charge in [-0.25, -0.2) is 0 Å². The monoisotopic (exact) mass is 256 g/mol. The van der Waals surface area contributed by atoms with Gasteiger partial charge in [0.05, 0.1) is 5.41 Å². The van der Waals surface area contributed by atoms with Crippen LogP contribution in [0.3, 0.4) is 0 Å². The van der Waals surface area contributed by atoms with Crippen LogP contribution in [0.25, 0.3) is 0 Å². The minimum atomic E-state index is -0.594. The highest BCUT2D eigenvalue weighted by atomic mass is 16.6. The SMILES string of the molecule is CC(C)(CCO)OC(=O)C1(C(C)(C)C)CC1(C)C. The maximum atomic E-state index is 12.6. The molecule has 1 aliphatic carbocycles. The van der Waals surface area contributed by atoms with Gasteiger partial charge in [-0.3, -0.25) is 4.79 Å². The van der Waals surface area contributed by atoms with Crippen LogP contribution in [-0.4, -0.2) is 23.3 Å².